The van der Waals surface area contributed by atoms with E-state index in [9.17, 15) is 4.79 Å². The van der Waals surface area contributed by atoms with Crippen molar-refractivity contribution in [1.82, 2.24) is 5.32 Å². The van der Waals surface area contributed by atoms with Crippen molar-refractivity contribution >= 4 is 22.2 Å². The molecule has 2 aromatic rings. The van der Waals surface area contributed by atoms with Crippen LogP contribution in [0.15, 0.2) is 24.3 Å². The van der Waals surface area contributed by atoms with Crippen molar-refractivity contribution in [2.24, 2.45) is 11.3 Å². The fourth-order valence-corrected chi connectivity index (χ4v) is 5.53. The lowest BCUT2D eigenvalue weighted by atomic mass is 9.69. The third-order valence-electron chi connectivity index (χ3n) is 6.47. The standard InChI is InChI=1S/C22H28N2OS/c1-5-22(3,4)15-10-11-16-17(12-15)26-21-18(16)20(25)23-19(24-21)14-8-6-13(2)7-9-14/h6-9,15,19,24H,5,10-12H2,1-4H3,(H,23,25)/t15-,19+/m0/s1. The van der Waals surface area contributed by atoms with E-state index in [0.717, 1.165) is 29.0 Å². The number of carbonyl (C=O) groups excluding carboxylic acids is 1. The van der Waals surface area contributed by atoms with Gasteiger partial charge in [-0.25, -0.2) is 0 Å². The number of fused-ring (bicyclic) bond motifs is 3. The number of aryl methyl sites for hydroxylation is 1. The fraction of sp³-hybridized carbons (Fsp3) is 0.500. The summed E-state index contributed by atoms with van der Waals surface area (Å²) in [5.74, 6) is 0.783. The fourth-order valence-electron chi connectivity index (χ4n) is 4.18. The summed E-state index contributed by atoms with van der Waals surface area (Å²) in [7, 11) is 0. The van der Waals surface area contributed by atoms with E-state index in [4.69, 9.17) is 0 Å². The molecule has 0 bridgehead atoms. The molecule has 4 heteroatoms. The molecule has 1 aliphatic carbocycles. The first-order valence-corrected chi connectivity index (χ1v) is 10.5. The van der Waals surface area contributed by atoms with E-state index in [2.05, 4.69) is 62.6 Å². The van der Waals surface area contributed by atoms with Gasteiger partial charge in [0.15, 0.2) is 0 Å². The molecule has 4 rings (SSSR count). The molecule has 0 fully saturated rings. The second-order valence-electron chi connectivity index (χ2n) is 8.45. The third kappa shape index (κ3) is 2.94. The van der Waals surface area contributed by atoms with E-state index in [0.29, 0.717) is 11.3 Å². The van der Waals surface area contributed by atoms with E-state index >= 15 is 0 Å². The van der Waals surface area contributed by atoms with Crippen molar-refractivity contribution in [3.05, 3.63) is 51.4 Å². The lowest BCUT2D eigenvalue weighted by Crippen LogP contribution is -2.38. The molecule has 2 heterocycles. The Morgan fingerprint density at radius 3 is 2.62 bits per heavy atom. The third-order valence-corrected chi connectivity index (χ3v) is 7.66. The van der Waals surface area contributed by atoms with E-state index in [-0.39, 0.29) is 12.1 Å². The van der Waals surface area contributed by atoms with Gasteiger partial charge in [0.2, 0.25) is 0 Å². The van der Waals surface area contributed by atoms with Crippen LogP contribution in [0.1, 0.15) is 71.7 Å². The van der Waals surface area contributed by atoms with Crippen molar-refractivity contribution in [3.8, 4) is 0 Å². The van der Waals surface area contributed by atoms with Gasteiger partial charge in [-0.05, 0) is 48.6 Å². The minimum absolute atomic E-state index is 0.0787. The smallest absolute Gasteiger partial charge is 0.256 e. The number of hydrogen-bond acceptors (Lipinski definition) is 3. The Bertz CT molecular complexity index is 835. The molecular formula is C22H28N2OS. The normalized spacial score (nSPS) is 22.2. The highest BCUT2D eigenvalue weighted by Gasteiger charge is 2.37. The second kappa shape index (κ2) is 6.41. The largest absolute Gasteiger partial charge is 0.353 e. The maximum Gasteiger partial charge on any atom is 0.256 e. The summed E-state index contributed by atoms with van der Waals surface area (Å²) in [5.41, 5.74) is 4.89. The highest BCUT2D eigenvalue weighted by molar-refractivity contribution is 7.16. The van der Waals surface area contributed by atoms with Gasteiger partial charge in [-0.15, -0.1) is 11.3 Å². The summed E-state index contributed by atoms with van der Waals surface area (Å²) >= 11 is 1.80. The van der Waals surface area contributed by atoms with Crippen molar-refractivity contribution in [1.29, 1.82) is 0 Å². The lowest BCUT2D eigenvalue weighted by molar-refractivity contribution is 0.0934. The number of thiophene rings is 1. The van der Waals surface area contributed by atoms with Crippen LogP contribution in [0.5, 0.6) is 0 Å². The SMILES string of the molecule is CCC(C)(C)[C@H]1CCc2c(sc3c2C(=O)N[C@@H](c2ccc(C)cc2)N3)C1. The number of hydrogen-bond donors (Lipinski definition) is 2. The van der Waals surface area contributed by atoms with Crippen LogP contribution in [-0.4, -0.2) is 5.91 Å². The molecule has 2 N–H and O–H groups in total. The van der Waals surface area contributed by atoms with Gasteiger partial charge in [-0.1, -0.05) is 57.0 Å². The number of benzene rings is 1. The van der Waals surface area contributed by atoms with Crippen molar-refractivity contribution in [3.63, 3.8) is 0 Å². The Balaban J connectivity index is 1.63. The number of nitrogens with one attached hydrogen (secondary N) is 2. The molecule has 2 aliphatic rings. The van der Waals surface area contributed by atoms with E-state index in [1.807, 2.05) is 0 Å². The van der Waals surface area contributed by atoms with Crippen LogP contribution in [0, 0.1) is 18.3 Å². The average molecular weight is 369 g/mol. The van der Waals surface area contributed by atoms with Crippen LogP contribution in [-0.2, 0) is 12.8 Å². The molecule has 3 nitrogen and oxygen atoms in total. The highest BCUT2D eigenvalue weighted by Crippen LogP contribution is 2.46. The van der Waals surface area contributed by atoms with Crippen LogP contribution in [0.2, 0.25) is 0 Å². The molecular weight excluding hydrogens is 340 g/mol. The van der Waals surface area contributed by atoms with Gasteiger partial charge >= 0.3 is 0 Å². The van der Waals surface area contributed by atoms with Crippen LogP contribution in [0.4, 0.5) is 5.00 Å². The van der Waals surface area contributed by atoms with Crippen molar-refractivity contribution in [2.45, 2.75) is 59.5 Å². The molecule has 138 valence electrons. The Hall–Kier alpha value is -1.81. The summed E-state index contributed by atoms with van der Waals surface area (Å²) in [4.78, 5) is 14.3. The summed E-state index contributed by atoms with van der Waals surface area (Å²) in [6, 6.07) is 8.36. The molecule has 26 heavy (non-hydrogen) atoms. The summed E-state index contributed by atoms with van der Waals surface area (Å²) < 4.78 is 0. The minimum atomic E-state index is -0.140. The summed E-state index contributed by atoms with van der Waals surface area (Å²) in [5, 5.41) is 7.78. The van der Waals surface area contributed by atoms with Gasteiger partial charge in [0, 0.05) is 4.88 Å². The number of anilines is 1. The zero-order valence-electron chi connectivity index (χ0n) is 16.1. The summed E-state index contributed by atoms with van der Waals surface area (Å²) in [6.07, 6.45) is 4.38. The Labute approximate surface area is 160 Å². The second-order valence-corrected chi connectivity index (χ2v) is 9.56. The predicted octanol–water partition coefficient (Wildman–Crippen LogP) is 5.45. The molecule has 1 aliphatic heterocycles. The average Bonchev–Trinajstić information content (AvgIpc) is 3.00. The van der Waals surface area contributed by atoms with Gasteiger partial charge < -0.3 is 10.6 Å². The van der Waals surface area contributed by atoms with E-state index in [1.54, 1.807) is 11.3 Å². The van der Waals surface area contributed by atoms with E-state index in [1.165, 1.54) is 28.8 Å². The van der Waals surface area contributed by atoms with E-state index < -0.39 is 0 Å². The molecule has 1 amide bonds. The highest BCUT2D eigenvalue weighted by atomic mass is 32.1. The first-order valence-electron chi connectivity index (χ1n) is 9.67. The van der Waals surface area contributed by atoms with Gasteiger partial charge in [-0.3, -0.25) is 4.79 Å². The molecule has 1 aromatic carbocycles. The van der Waals surface area contributed by atoms with Gasteiger partial charge in [0.05, 0.1) is 5.56 Å². The maximum atomic E-state index is 12.9. The van der Waals surface area contributed by atoms with Crippen LogP contribution in [0.25, 0.3) is 0 Å². The number of carbonyl (C=O) groups is 1. The number of rotatable bonds is 3. The van der Waals surface area contributed by atoms with Gasteiger partial charge in [-0.2, -0.15) is 0 Å². The summed E-state index contributed by atoms with van der Waals surface area (Å²) in [6.45, 7) is 9.13. The van der Waals surface area contributed by atoms with Crippen LogP contribution >= 0.6 is 11.3 Å². The first-order chi connectivity index (χ1) is 12.4. The zero-order chi connectivity index (χ0) is 18.5. The van der Waals surface area contributed by atoms with Crippen molar-refractivity contribution in [2.75, 3.05) is 5.32 Å². The molecule has 2 atom stereocenters. The maximum absolute atomic E-state index is 12.9. The molecule has 0 saturated heterocycles. The predicted molar refractivity (Wildman–Crippen MR) is 109 cm³/mol. The quantitative estimate of drug-likeness (QED) is 0.756. The van der Waals surface area contributed by atoms with Gasteiger partial charge in [0.25, 0.3) is 5.91 Å². The Morgan fingerprint density at radius 1 is 1.19 bits per heavy atom. The topological polar surface area (TPSA) is 41.1 Å². The van der Waals surface area contributed by atoms with Crippen molar-refractivity contribution < 1.29 is 4.79 Å². The molecule has 0 radical (unpaired) electrons. The number of amides is 1. The molecule has 0 spiro atoms. The zero-order valence-corrected chi connectivity index (χ0v) is 16.9. The molecule has 0 saturated carbocycles. The molecule has 1 aromatic heterocycles. The minimum Gasteiger partial charge on any atom is -0.353 e. The lowest BCUT2D eigenvalue weighted by Gasteiger charge is -2.36. The Morgan fingerprint density at radius 2 is 1.92 bits per heavy atom. The van der Waals surface area contributed by atoms with Crippen LogP contribution in [0.3, 0.4) is 0 Å². The first kappa shape index (κ1) is 17.6. The Kier molecular flexibility index (Phi) is 4.34. The van der Waals surface area contributed by atoms with Crippen LogP contribution < -0.4 is 10.6 Å². The molecule has 0 unspecified atom stereocenters. The monoisotopic (exact) mass is 368 g/mol. The van der Waals surface area contributed by atoms with Gasteiger partial charge in [0.1, 0.15) is 11.2 Å².